The molecule has 0 spiro atoms. The Morgan fingerprint density at radius 3 is 2.54 bits per heavy atom. The Bertz CT molecular complexity index is 1180. The maximum Gasteiger partial charge on any atom is 0.422 e. The number of ether oxygens (including phenoxy) is 2. The van der Waals surface area contributed by atoms with Gasteiger partial charge in [0.1, 0.15) is 0 Å². The fourth-order valence-corrected chi connectivity index (χ4v) is 5.26. The molecule has 2 aliphatic rings. The van der Waals surface area contributed by atoms with E-state index in [0.29, 0.717) is 29.3 Å². The van der Waals surface area contributed by atoms with E-state index in [1.807, 2.05) is 26.0 Å². The number of anilines is 2. The zero-order valence-electron chi connectivity index (χ0n) is 19.9. The van der Waals surface area contributed by atoms with E-state index in [2.05, 4.69) is 25.3 Å². The number of alkyl halides is 3. The van der Waals surface area contributed by atoms with Gasteiger partial charge in [-0.15, -0.1) is 5.10 Å². The van der Waals surface area contributed by atoms with Crippen LogP contribution in [0.2, 0.25) is 0 Å². The summed E-state index contributed by atoms with van der Waals surface area (Å²) in [6, 6.07) is 7.42. The monoisotopic (exact) mass is 490 g/mol. The molecule has 3 aromatic heterocycles. The number of piperidine rings is 1. The number of methoxy groups -OCH3 is 1. The third-order valence-electron chi connectivity index (χ3n) is 6.91. The van der Waals surface area contributed by atoms with Gasteiger partial charge in [0.2, 0.25) is 17.7 Å². The van der Waals surface area contributed by atoms with E-state index in [1.165, 1.54) is 10.6 Å². The van der Waals surface area contributed by atoms with Gasteiger partial charge in [0.05, 0.1) is 7.11 Å². The van der Waals surface area contributed by atoms with Gasteiger partial charge in [-0.1, -0.05) is 13.8 Å². The minimum Gasteiger partial charge on any atom is -0.481 e. The van der Waals surface area contributed by atoms with Gasteiger partial charge < -0.3 is 19.7 Å². The quantitative estimate of drug-likeness (QED) is 0.522. The fraction of sp³-hybridized carbons (Fsp3) is 0.542. The summed E-state index contributed by atoms with van der Waals surface area (Å²) in [7, 11) is 1.61. The summed E-state index contributed by atoms with van der Waals surface area (Å²) >= 11 is 0. The van der Waals surface area contributed by atoms with Crippen molar-refractivity contribution in [3.05, 3.63) is 36.0 Å². The predicted octanol–water partition coefficient (Wildman–Crippen LogP) is 4.52. The van der Waals surface area contributed by atoms with Crippen molar-refractivity contribution in [1.82, 2.24) is 19.6 Å². The minimum absolute atomic E-state index is 0.0201. The second kappa shape index (κ2) is 9.09. The Hall–Kier alpha value is -3.24. The largest absolute Gasteiger partial charge is 0.481 e. The highest BCUT2D eigenvalue weighted by molar-refractivity contribution is 5.55. The summed E-state index contributed by atoms with van der Waals surface area (Å²) in [5, 5.41) is 8.02. The molecule has 1 unspecified atom stereocenters. The van der Waals surface area contributed by atoms with Crippen LogP contribution in [-0.2, 0) is 0 Å². The van der Waals surface area contributed by atoms with Gasteiger partial charge in [-0.05, 0) is 48.3 Å². The first-order chi connectivity index (χ1) is 16.7. The Morgan fingerprint density at radius 2 is 1.89 bits per heavy atom. The summed E-state index contributed by atoms with van der Waals surface area (Å²) < 4.78 is 50.0. The van der Waals surface area contributed by atoms with Crippen molar-refractivity contribution in [2.24, 2.45) is 11.8 Å². The molecule has 0 radical (unpaired) electrons. The highest BCUT2D eigenvalue weighted by atomic mass is 19.4. The molecule has 2 fully saturated rings. The number of hydrogen-bond donors (Lipinski definition) is 1. The first-order valence-corrected chi connectivity index (χ1v) is 11.8. The summed E-state index contributed by atoms with van der Waals surface area (Å²) in [5.41, 5.74) is 2.50. The molecule has 3 aromatic rings. The van der Waals surface area contributed by atoms with Gasteiger partial charge in [-0.3, -0.25) is 0 Å². The third-order valence-corrected chi connectivity index (χ3v) is 6.91. The topological polar surface area (TPSA) is 76.8 Å². The van der Waals surface area contributed by atoms with Crippen molar-refractivity contribution in [1.29, 1.82) is 0 Å². The van der Waals surface area contributed by atoms with E-state index in [9.17, 15) is 13.2 Å². The van der Waals surface area contributed by atoms with E-state index < -0.39 is 12.8 Å². The molecule has 0 aromatic carbocycles. The average Bonchev–Trinajstić information content (AvgIpc) is 3.33. The number of aromatic nitrogens is 4. The first-order valence-electron chi connectivity index (χ1n) is 11.8. The predicted molar refractivity (Wildman–Crippen MR) is 125 cm³/mol. The Kier molecular flexibility index (Phi) is 6.10. The number of hydrogen-bond acceptors (Lipinski definition) is 7. The second-order valence-corrected chi connectivity index (χ2v) is 9.59. The fourth-order valence-electron chi connectivity index (χ4n) is 5.26. The van der Waals surface area contributed by atoms with E-state index >= 15 is 0 Å². The van der Waals surface area contributed by atoms with E-state index in [1.54, 1.807) is 19.4 Å². The molecular formula is C24H29F3N6O2. The van der Waals surface area contributed by atoms with Gasteiger partial charge >= 0.3 is 6.18 Å². The third kappa shape index (κ3) is 4.81. The Labute approximate surface area is 201 Å². The molecule has 1 N–H and O–H groups in total. The lowest BCUT2D eigenvalue weighted by atomic mass is 9.92. The average molecular weight is 491 g/mol. The number of rotatable bonds is 7. The molecule has 35 heavy (non-hydrogen) atoms. The second-order valence-electron chi connectivity index (χ2n) is 9.59. The number of fused-ring (bicyclic) bond motifs is 3. The van der Waals surface area contributed by atoms with Crippen LogP contribution in [0.25, 0.3) is 5.65 Å². The van der Waals surface area contributed by atoms with Crippen LogP contribution in [0.5, 0.6) is 11.8 Å². The lowest BCUT2D eigenvalue weighted by molar-refractivity contribution is -0.154. The van der Waals surface area contributed by atoms with Crippen LogP contribution in [0, 0.1) is 11.8 Å². The molecule has 11 heteroatoms. The normalized spacial score (nSPS) is 22.1. The smallest absolute Gasteiger partial charge is 0.422 e. The number of halogens is 3. The molecule has 8 nitrogen and oxygen atoms in total. The highest BCUT2D eigenvalue weighted by Gasteiger charge is 2.42. The standard InChI is InChI=1S/C24H29F3N6O2/c1-14(2)18-6-7-20(35-13-24(25,26)27)33-22(18)30-23(31-33)29-21-15-4-5-16(21)12-32(11-15)17-8-9-28-19(10-17)34-3/h6-10,14-16,21H,4-5,11-13H2,1-3H3,(H,29,31)/t15-,16+,21?. The van der Waals surface area contributed by atoms with Gasteiger partial charge in [-0.25, -0.2) is 4.98 Å². The number of nitrogens with one attached hydrogen (secondary N) is 1. The SMILES string of the molecule is COc1cc(N2C[C@H]3CC[C@@H](C2)C3Nc2nc3c(C(C)C)ccc(OCC(F)(F)F)n3n2)ccn1. The van der Waals surface area contributed by atoms with Crippen molar-refractivity contribution in [2.75, 3.05) is 37.0 Å². The van der Waals surface area contributed by atoms with E-state index in [0.717, 1.165) is 37.2 Å². The molecule has 2 bridgehead atoms. The van der Waals surface area contributed by atoms with Crippen LogP contribution >= 0.6 is 0 Å². The van der Waals surface area contributed by atoms with Crippen LogP contribution in [-0.4, -0.2) is 58.6 Å². The molecule has 5 rings (SSSR count). The summed E-state index contributed by atoms with van der Waals surface area (Å²) in [5.74, 6) is 1.94. The summed E-state index contributed by atoms with van der Waals surface area (Å²) in [6.45, 7) is 4.40. The molecule has 0 amide bonds. The van der Waals surface area contributed by atoms with E-state index in [-0.39, 0.29) is 17.8 Å². The van der Waals surface area contributed by atoms with Crippen LogP contribution < -0.4 is 19.7 Å². The van der Waals surface area contributed by atoms with E-state index in [4.69, 9.17) is 9.47 Å². The van der Waals surface area contributed by atoms with Gasteiger partial charge in [-0.2, -0.15) is 22.7 Å². The van der Waals surface area contributed by atoms with Crippen LogP contribution in [0.4, 0.5) is 24.8 Å². The Balaban J connectivity index is 1.37. The maximum absolute atomic E-state index is 12.8. The van der Waals surface area contributed by atoms with Gasteiger partial charge in [0.15, 0.2) is 12.3 Å². The van der Waals surface area contributed by atoms with Gasteiger partial charge in [0, 0.05) is 43.1 Å². The van der Waals surface area contributed by atoms with Crippen molar-refractivity contribution in [3.8, 4) is 11.8 Å². The molecule has 1 aliphatic heterocycles. The number of nitrogens with zero attached hydrogens (tertiary/aromatic N) is 5. The van der Waals surface area contributed by atoms with Crippen LogP contribution in [0.1, 0.15) is 38.2 Å². The minimum atomic E-state index is -4.43. The lowest BCUT2D eigenvalue weighted by Gasteiger charge is -2.39. The van der Waals surface area contributed by atoms with Crippen molar-refractivity contribution < 1.29 is 22.6 Å². The summed E-state index contributed by atoms with van der Waals surface area (Å²) in [6.07, 6.45) is -0.500. The number of pyridine rings is 2. The zero-order chi connectivity index (χ0) is 24.7. The molecule has 188 valence electrons. The maximum atomic E-state index is 12.8. The van der Waals surface area contributed by atoms with Crippen molar-refractivity contribution >= 4 is 17.3 Å². The van der Waals surface area contributed by atoms with Crippen molar-refractivity contribution in [3.63, 3.8) is 0 Å². The highest BCUT2D eigenvalue weighted by Crippen LogP contribution is 2.40. The molecule has 4 heterocycles. The lowest BCUT2D eigenvalue weighted by Crippen LogP contribution is -2.48. The summed E-state index contributed by atoms with van der Waals surface area (Å²) in [4.78, 5) is 11.2. The van der Waals surface area contributed by atoms with Crippen LogP contribution in [0.3, 0.4) is 0 Å². The first kappa shape index (κ1) is 23.5. The van der Waals surface area contributed by atoms with Crippen LogP contribution in [0.15, 0.2) is 30.5 Å². The molecule has 1 aliphatic carbocycles. The zero-order valence-corrected chi connectivity index (χ0v) is 19.9. The molecule has 3 atom stereocenters. The Morgan fingerprint density at radius 1 is 1.14 bits per heavy atom. The molecule has 1 saturated carbocycles. The molecular weight excluding hydrogens is 461 g/mol. The van der Waals surface area contributed by atoms with Gasteiger partial charge in [0.25, 0.3) is 0 Å². The van der Waals surface area contributed by atoms with Crippen molar-refractivity contribution in [2.45, 2.75) is 44.8 Å². The molecule has 1 saturated heterocycles.